The number of hydrogen-bond acceptors (Lipinski definition) is 5. The van der Waals surface area contributed by atoms with E-state index in [1.165, 1.54) is 11.1 Å². The lowest BCUT2D eigenvalue weighted by Crippen LogP contribution is -2.32. The van der Waals surface area contributed by atoms with Gasteiger partial charge in [-0.3, -0.25) is 0 Å². The van der Waals surface area contributed by atoms with Crippen LogP contribution in [-0.2, 0) is 21.7 Å². The number of hydrogen-bond donors (Lipinski definition) is 1. The van der Waals surface area contributed by atoms with E-state index in [0.717, 1.165) is 50.5 Å². The summed E-state index contributed by atoms with van der Waals surface area (Å²) >= 11 is 0. The van der Waals surface area contributed by atoms with Crippen LogP contribution < -0.4 is 5.73 Å². The number of benzene rings is 1. The standard InChI is InChI=1S/C21H35N3O2/c1-6-9-17-13-12-16(3)19(15-17)21(23-20(22)24(4)26-21)14-8-11-18(25-5)10-7-2/h12-13,15,18H,6-11,14H2,1-5H3,(H2,22,23)/t18-,21?/m1/s1. The normalized spacial score (nSPS) is 21.1. The molecule has 146 valence electrons. The smallest absolute Gasteiger partial charge is 0.218 e. The Morgan fingerprint density at radius 3 is 2.62 bits per heavy atom. The summed E-state index contributed by atoms with van der Waals surface area (Å²) < 4.78 is 5.60. The molecule has 26 heavy (non-hydrogen) atoms. The number of aryl methyl sites for hydroxylation is 2. The van der Waals surface area contributed by atoms with Gasteiger partial charge in [-0.1, -0.05) is 44.9 Å². The Labute approximate surface area is 158 Å². The zero-order valence-electron chi connectivity index (χ0n) is 17.0. The van der Waals surface area contributed by atoms with Crippen molar-refractivity contribution >= 4 is 5.96 Å². The first kappa shape index (κ1) is 20.7. The Hall–Kier alpha value is -1.59. The number of nitrogens with two attached hydrogens (primary N) is 1. The second kappa shape index (κ2) is 9.38. The van der Waals surface area contributed by atoms with Crippen molar-refractivity contribution in [2.45, 2.75) is 77.5 Å². The molecule has 2 rings (SSSR count). The Morgan fingerprint density at radius 1 is 1.27 bits per heavy atom. The predicted molar refractivity (Wildman–Crippen MR) is 107 cm³/mol. The van der Waals surface area contributed by atoms with Crippen molar-refractivity contribution in [1.82, 2.24) is 5.06 Å². The number of nitrogens with zero attached hydrogens (tertiary/aromatic N) is 2. The molecule has 1 aromatic rings. The van der Waals surface area contributed by atoms with E-state index < -0.39 is 5.72 Å². The highest BCUT2D eigenvalue weighted by Gasteiger charge is 2.41. The molecule has 0 aromatic heterocycles. The summed E-state index contributed by atoms with van der Waals surface area (Å²) in [6.45, 7) is 6.51. The lowest BCUT2D eigenvalue weighted by molar-refractivity contribution is -0.177. The molecule has 0 saturated heterocycles. The van der Waals surface area contributed by atoms with E-state index in [0.29, 0.717) is 12.1 Å². The molecular formula is C21H35N3O2. The van der Waals surface area contributed by atoms with Crippen molar-refractivity contribution in [2.24, 2.45) is 10.7 Å². The Bertz CT molecular complexity index is 617. The molecule has 1 heterocycles. The Morgan fingerprint density at radius 2 is 2.04 bits per heavy atom. The first-order valence-corrected chi connectivity index (χ1v) is 9.86. The molecule has 1 aliphatic rings. The van der Waals surface area contributed by atoms with Crippen molar-refractivity contribution in [3.63, 3.8) is 0 Å². The number of guanidine groups is 1. The van der Waals surface area contributed by atoms with Gasteiger partial charge in [0.25, 0.3) is 0 Å². The number of rotatable bonds is 10. The van der Waals surface area contributed by atoms with Crippen molar-refractivity contribution in [3.05, 3.63) is 34.9 Å². The van der Waals surface area contributed by atoms with Crippen LogP contribution in [0.15, 0.2) is 23.2 Å². The van der Waals surface area contributed by atoms with Crippen LogP contribution in [0, 0.1) is 6.92 Å². The minimum atomic E-state index is -0.725. The van der Waals surface area contributed by atoms with Crippen LogP contribution in [0.5, 0.6) is 0 Å². The van der Waals surface area contributed by atoms with Gasteiger partial charge in [-0.15, -0.1) is 0 Å². The van der Waals surface area contributed by atoms with Crippen LogP contribution in [0.2, 0.25) is 0 Å². The summed E-state index contributed by atoms with van der Waals surface area (Å²) in [6, 6.07) is 6.61. The van der Waals surface area contributed by atoms with E-state index in [1.54, 1.807) is 12.2 Å². The summed E-state index contributed by atoms with van der Waals surface area (Å²) in [5.74, 6) is 0.433. The third kappa shape index (κ3) is 4.77. The van der Waals surface area contributed by atoms with E-state index >= 15 is 0 Å². The lowest BCUT2D eigenvalue weighted by Gasteiger charge is -2.29. The van der Waals surface area contributed by atoms with Crippen LogP contribution in [0.3, 0.4) is 0 Å². The van der Waals surface area contributed by atoms with Gasteiger partial charge in [0.2, 0.25) is 11.7 Å². The van der Waals surface area contributed by atoms with Gasteiger partial charge in [0, 0.05) is 26.1 Å². The lowest BCUT2D eigenvalue weighted by atomic mass is 9.90. The van der Waals surface area contributed by atoms with Gasteiger partial charge in [-0.2, -0.15) is 0 Å². The highest BCUT2D eigenvalue weighted by atomic mass is 16.7. The highest BCUT2D eigenvalue weighted by Crippen LogP contribution is 2.40. The van der Waals surface area contributed by atoms with Gasteiger partial charge >= 0.3 is 0 Å². The molecule has 1 unspecified atom stereocenters. The third-order valence-corrected chi connectivity index (χ3v) is 5.15. The first-order chi connectivity index (χ1) is 12.5. The molecule has 0 aliphatic carbocycles. The summed E-state index contributed by atoms with van der Waals surface area (Å²) in [7, 11) is 3.62. The van der Waals surface area contributed by atoms with Crippen molar-refractivity contribution in [3.8, 4) is 0 Å². The zero-order chi connectivity index (χ0) is 19.2. The van der Waals surface area contributed by atoms with Crippen LogP contribution >= 0.6 is 0 Å². The maximum Gasteiger partial charge on any atom is 0.218 e. The largest absolute Gasteiger partial charge is 0.381 e. The molecule has 5 heteroatoms. The van der Waals surface area contributed by atoms with Crippen molar-refractivity contribution in [2.75, 3.05) is 14.2 Å². The van der Waals surface area contributed by atoms with Crippen LogP contribution in [-0.4, -0.2) is 31.3 Å². The Kier molecular flexibility index (Phi) is 7.47. The van der Waals surface area contributed by atoms with Crippen LogP contribution in [0.4, 0.5) is 0 Å². The molecule has 1 aliphatic heterocycles. The van der Waals surface area contributed by atoms with E-state index in [9.17, 15) is 0 Å². The van der Waals surface area contributed by atoms with Crippen molar-refractivity contribution < 1.29 is 9.57 Å². The minimum absolute atomic E-state index is 0.296. The molecule has 0 saturated carbocycles. The number of aliphatic imine (C=N–C) groups is 1. The monoisotopic (exact) mass is 361 g/mol. The summed E-state index contributed by atoms with van der Waals surface area (Å²) in [5.41, 5.74) is 8.98. The molecule has 0 radical (unpaired) electrons. The predicted octanol–water partition coefficient (Wildman–Crippen LogP) is 4.28. The van der Waals surface area contributed by atoms with Crippen LogP contribution in [0.1, 0.15) is 69.1 Å². The molecule has 1 aromatic carbocycles. The maximum atomic E-state index is 6.20. The molecule has 5 nitrogen and oxygen atoms in total. The average Bonchev–Trinajstić information content (AvgIpc) is 2.91. The minimum Gasteiger partial charge on any atom is -0.381 e. The summed E-state index contributed by atoms with van der Waals surface area (Å²) in [4.78, 5) is 11.0. The van der Waals surface area contributed by atoms with Gasteiger partial charge < -0.3 is 10.5 Å². The van der Waals surface area contributed by atoms with E-state index in [-0.39, 0.29) is 0 Å². The molecule has 0 bridgehead atoms. The molecule has 2 N–H and O–H groups in total. The first-order valence-electron chi connectivity index (χ1n) is 9.86. The second-order valence-electron chi connectivity index (χ2n) is 7.28. The number of methoxy groups -OCH3 is 1. The molecule has 0 amide bonds. The molecule has 0 spiro atoms. The van der Waals surface area contributed by atoms with E-state index in [2.05, 4.69) is 39.0 Å². The van der Waals surface area contributed by atoms with Gasteiger partial charge in [-0.25, -0.2) is 14.9 Å². The molecular weight excluding hydrogens is 326 g/mol. The third-order valence-electron chi connectivity index (χ3n) is 5.15. The van der Waals surface area contributed by atoms with E-state index in [1.807, 2.05) is 7.05 Å². The van der Waals surface area contributed by atoms with Gasteiger partial charge in [0.1, 0.15) is 0 Å². The molecule has 2 atom stereocenters. The van der Waals surface area contributed by atoms with Gasteiger partial charge in [0.15, 0.2) is 0 Å². The van der Waals surface area contributed by atoms with Gasteiger partial charge in [-0.05, 0) is 43.7 Å². The highest BCUT2D eigenvalue weighted by molar-refractivity contribution is 5.78. The molecule has 0 fully saturated rings. The summed E-state index contributed by atoms with van der Waals surface area (Å²) in [5, 5.41) is 1.59. The quantitative estimate of drug-likeness (QED) is 0.676. The fourth-order valence-corrected chi connectivity index (χ4v) is 3.70. The SMILES string of the molecule is CCCc1ccc(C)c(C2(CCC[C@@H](CCC)OC)N=C(N)N(C)O2)c1. The number of hydroxylamine groups is 2. The van der Waals surface area contributed by atoms with Crippen molar-refractivity contribution in [1.29, 1.82) is 0 Å². The fourth-order valence-electron chi connectivity index (χ4n) is 3.70. The summed E-state index contributed by atoms with van der Waals surface area (Å²) in [6.07, 6.45) is 7.45. The Balaban J connectivity index is 2.25. The zero-order valence-corrected chi connectivity index (χ0v) is 17.0. The average molecular weight is 362 g/mol. The van der Waals surface area contributed by atoms with Crippen LogP contribution in [0.25, 0.3) is 0 Å². The number of ether oxygens (including phenoxy) is 1. The maximum absolute atomic E-state index is 6.20. The van der Waals surface area contributed by atoms with Gasteiger partial charge in [0.05, 0.1) is 6.10 Å². The van der Waals surface area contributed by atoms with E-state index in [4.69, 9.17) is 20.3 Å². The second-order valence-corrected chi connectivity index (χ2v) is 7.28. The topological polar surface area (TPSA) is 60.1 Å². The fraction of sp³-hybridized carbons (Fsp3) is 0.667.